The first-order valence-electron chi connectivity index (χ1n) is 8.11. The van der Waals surface area contributed by atoms with Crippen molar-refractivity contribution in [2.45, 2.75) is 46.0 Å². The Balaban J connectivity index is 2.11. The van der Waals surface area contributed by atoms with E-state index in [9.17, 15) is 0 Å². The maximum atomic E-state index is 5.63. The second-order valence-corrected chi connectivity index (χ2v) is 5.51. The number of rotatable bonds is 7. The van der Waals surface area contributed by atoms with Crippen molar-refractivity contribution in [1.29, 1.82) is 0 Å². The molecule has 0 saturated carbocycles. The molecule has 0 aliphatic carbocycles. The Labute approximate surface area is 129 Å². The molecule has 0 aliphatic heterocycles. The van der Waals surface area contributed by atoms with Gasteiger partial charge in [-0.15, -0.1) is 0 Å². The Hall–Kier alpha value is -1.76. The van der Waals surface area contributed by atoms with Gasteiger partial charge < -0.3 is 4.74 Å². The smallest absolute Gasteiger partial charge is 0.119 e. The summed E-state index contributed by atoms with van der Waals surface area (Å²) in [5, 5.41) is 0. The minimum Gasteiger partial charge on any atom is -0.494 e. The van der Waals surface area contributed by atoms with Crippen LogP contribution in [0.15, 0.2) is 48.5 Å². The van der Waals surface area contributed by atoms with Crippen molar-refractivity contribution in [3.63, 3.8) is 0 Å². The Morgan fingerprint density at radius 2 is 1.29 bits per heavy atom. The summed E-state index contributed by atoms with van der Waals surface area (Å²) < 4.78 is 5.63. The summed E-state index contributed by atoms with van der Waals surface area (Å²) in [4.78, 5) is 0. The lowest BCUT2D eigenvalue weighted by Crippen LogP contribution is -1.95. The fourth-order valence-electron chi connectivity index (χ4n) is 2.67. The monoisotopic (exact) mass is 282 g/mol. The third-order valence-electron chi connectivity index (χ3n) is 4.03. The van der Waals surface area contributed by atoms with Gasteiger partial charge in [-0.05, 0) is 54.0 Å². The van der Waals surface area contributed by atoms with Gasteiger partial charge in [0.1, 0.15) is 5.75 Å². The molecule has 0 heterocycles. The maximum Gasteiger partial charge on any atom is 0.119 e. The molecule has 0 N–H and O–H groups in total. The molecular weight excluding hydrogens is 256 g/mol. The highest BCUT2D eigenvalue weighted by Crippen LogP contribution is 2.27. The Morgan fingerprint density at radius 3 is 1.76 bits per heavy atom. The van der Waals surface area contributed by atoms with Crippen LogP contribution < -0.4 is 4.74 Å². The van der Waals surface area contributed by atoms with E-state index in [2.05, 4.69) is 69.3 Å². The van der Waals surface area contributed by atoms with E-state index >= 15 is 0 Å². The third kappa shape index (κ3) is 4.10. The lowest BCUT2D eigenvalue weighted by molar-refractivity contribution is 0.317. The molecule has 2 rings (SSSR count). The standard InChI is InChI=1S/C20H26O/c1-4-15-21-20-13-11-19(12-14-20)18-9-7-17(8-10-18)16(5-2)6-3/h7-14,16H,4-6,15H2,1-3H3. The predicted molar refractivity (Wildman–Crippen MR) is 91.0 cm³/mol. The van der Waals surface area contributed by atoms with Gasteiger partial charge in [-0.3, -0.25) is 0 Å². The Morgan fingerprint density at radius 1 is 0.762 bits per heavy atom. The minimum atomic E-state index is 0.684. The van der Waals surface area contributed by atoms with Gasteiger partial charge in [0.25, 0.3) is 0 Å². The zero-order valence-electron chi connectivity index (χ0n) is 13.4. The first-order chi connectivity index (χ1) is 10.3. The average molecular weight is 282 g/mol. The molecule has 2 aromatic rings. The van der Waals surface area contributed by atoms with Crippen LogP contribution >= 0.6 is 0 Å². The van der Waals surface area contributed by atoms with Crippen LogP contribution in [0, 0.1) is 0 Å². The second-order valence-electron chi connectivity index (χ2n) is 5.51. The fourth-order valence-corrected chi connectivity index (χ4v) is 2.67. The van der Waals surface area contributed by atoms with Crippen molar-refractivity contribution in [3.05, 3.63) is 54.1 Å². The third-order valence-corrected chi connectivity index (χ3v) is 4.03. The van der Waals surface area contributed by atoms with Gasteiger partial charge in [-0.2, -0.15) is 0 Å². The van der Waals surface area contributed by atoms with Crippen LogP contribution in [0.4, 0.5) is 0 Å². The van der Waals surface area contributed by atoms with Crippen molar-refractivity contribution in [3.8, 4) is 16.9 Å². The summed E-state index contributed by atoms with van der Waals surface area (Å²) in [5.74, 6) is 1.64. The highest BCUT2D eigenvalue weighted by molar-refractivity contribution is 5.64. The Bertz CT molecular complexity index is 521. The van der Waals surface area contributed by atoms with Gasteiger partial charge in [-0.1, -0.05) is 57.2 Å². The summed E-state index contributed by atoms with van der Waals surface area (Å²) in [6, 6.07) is 17.4. The van der Waals surface area contributed by atoms with Gasteiger partial charge in [0.05, 0.1) is 6.61 Å². The Kier molecular flexibility index (Phi) is 5.86. The first-order valence-corrected chi connectivity index (χ1v) is 8.11. The predicted octanol–water partition coefficient (Wildman–Crippen LogP) is 6.05. The van der Waals surface area contributed by atoms with Crippen molar-refractivity contribution >= 4 is 0 Å². The minimum absolute atomic E-state index is 0.684. The lowest BCUT2D eigenvalue weighted by atomic mass is 9.92. The molecule has 2 aromatic carbocycles. The van der Waals surface area contributed by atoms with E-state index in [4.69, 9.17) is 4.74 Å². The lowest BCUT2D eigenvalue weighted by Gasteiger charge is -2.13. The molecule has 0 aliphatic rings. The van der Waals surface area contributed by atoms with Crippen LogP contribution in [0.5, 0.6) is 5.75 Å². The largest absolute Gasteiger partial charge is 0.494 e. The molecule has 0 atom stereocenters. The quantitative estimate of drug-likeness (QED) is 0.601. The number of ether oxygens (including phenoxy) is 1. The van der Waals surface area contributed by atoms with E-state index in [0.29, 0.717) is 5.92 Å². The van der Waals surface area contributed by atoms with Crippen molar-refractivity contribution in [1.82, 2.24) is 0 Å². The molecule has 0 amide bonds. The molecule has 0 saturated heterocycles. The van der Waals surface area contributed by atoms with Crippen LogP contribution in [-0.2, 0) is 0 Å². The number of hydrogen-bond acceptors (Lipinski definition) is 1. The second kappa shape index (κ2) is 7.87. The summed E-state index contributed by atoms with van der Waals surface area (Å²) in [7, 11) is 0. The summed E-state index contributed by atoms with van der Waals surface area (Å²) >= 11 is 0. The average Bonchev–Trinajstić information content (AvgIpc) is 2.55. The van der Waals surface area contributed by atoms with Crippen LogP contribution in [0.25, 0.3) is 11.1 Å². The normalized spacial score (nSPS) is 10.9. The topological polar surface area (TPSA) is 9.23 Å². The zero-order valence-corrected chi connectivity index (χ0v) is 13.4. The van der Waals surface area contributed by atoms with Gasteiger partial charge in [0.2, 0.25) is 0 Å². The maximum absolute atomic E-state index is 5.63. The molecule has 0 fully saturated rings. The zero-order chi connectivity index (χ0) is 15.1. The number of hydrogen-bond donors (Lipinski definition) is 0. The molecule has 1 heteroatoms. The molecule has 0 radical (unpaired) electrons. The molecule has 0 spiro atoms. The summed E-state index contributed by atoms with van der Waals surface area (Å²) in [6.07, 6.45) is 3.46. The summed E-state index contributed by atoms with van der Waals surface area (Å²) in [6.45, 7) is 7.42. The molecular formula is C20H26O. The van der Waals surface area contributed by atoms with Gasteiger partial charge >= 0.3 is 0 Å². The van der Waals surface area contributed by atoms with E-state index in [1.807, 2.05) is 0 Å². The molecule has 112 valence electrons. The molecule has 1 nitrogen and oxygen atoms in total. The first kappa shape index (κ1) is 15.6. The van der Waals surface area contributed by atoms with Crippen LogP contribution in [0.2, 0.25) is 0 Å². The fraction of sp³-hybridized carbons (Fsp3) is 0.400. The van der Waals surface area contributed by atoms with Gasteiger partial charge in [-0.25, -0.2) is 0 Å². The van der Waals surface area contributed by atoms with E-state index in [0.717, 1.165) is 18.8 Å². The number of benzene rings is 2. The van der Waals surface area contributed by atoms with Crippen LogP contribution in [-0.4, -0.2) is 6.61 Å². The van der Waals surface area contributed by atoms with Gasteiger partial charge in [0.15, 0.2) is 0 Å². The van der Waals surface area contributed by atoms with Crippen molar-refractivity contribution < 1.29 is 4.74 Å². The molecule has 21 heavy (non-hydrogen) atoms. The SMILES string of the molecule is CCCOc1ccc(-c2ccc(C(CC)CC)cc2)cc1. The van der Waals surface area contributed by atoms with Crippen LogP contribution in [0.3, 0.4) is 0 Å². The highest BCUT2D eigenvalue weighted by Gasteiger charge is 2.06. The van der Waals surface area contributed by atoms with Gasteiger partial charge in [0, 0.05) is 0 Å². The van der Waals surface area contributed by atoms with E-state index in [1.165, 1.54) is 29.5 Å². The van der Waals surface area contributed by atoms with E-state index < -0.39 is 0 Å². The molecule has 0 bridgehead atoms. The summed E-state index contributed by atoms with van der Waals surface area (Å²) in [5.41, 5.74) is 3.97. The van der Waals surface area contributed by atoms with E-state index in [-0.39, 0.29) is 0 Å². The highest BCUT2D eigenvalue weighted by atomic mass is 16.5. The molecule has 0 unspecified atom stereocenters. The van der Waals surface area contributed by atoms with Crippen molar-refractivity contribution in [2.75, 3.05) is 6.61 Å². The molecule has 0 aromatic heterocycles. The van der Waals surface area contributed by atoms with Crippen LogP contribution in [0.1, 0.15) is 51.5 Å². The van der Waals surface area contributed by atoms with Crippen molar-refractivity contribution in [2.24, 2.45) is 0 Å². The van der Waals surface area contributed by atoms with E-state index in [1.54, 1.807) is 0 Å².